The molecule has 2 N–H and O–H groups in total. The van der Waals surface area contributed by atoms with Gasteiger partial charge in [-0.3, -0.25) is 14.4 Å². The average molecular weight is 531 g/mol. The molecule has 0 aliphatic carbocycles. The van der Waals surface area contributed by atoms with Crippen molar-refractivity contribution in [3.8, 4) is 28.6 Å². The van der Waals surface area contributed by atoms with Crippen LogP contribution in [-0.4, -0.2) is 79.0 Å². The summed E-state index contributed by atoms with van der Waals surface area (Å²) in [5.41, 5.74) is 3.17. The number of likely N-dealkylation sites (tertiary alicyclic amines) is 1. The number of ether oxygens (including phenoxy) is 1. The minimum absolute atomic E-state index is 0.0169. The lowest BCUT2D eigenvalue weighted by Gasteiger charge is -2.18. The third-order valence-corrected chi connectivity index (χ3v) is 7.22. The van der Waals surface area contributed by atoms with Crippen molar-refractivity contribution in [2.45, 2.75) is 39.8 Å². The van der Waals surface area contributed by atoms with Crippen molar-refractivity contribution in [1.29, 1.82) is 0 Å². The molecule has 1 saturated heterocycles. The van der Waals surface area contributed by atoms with Crippen molar-refractivity contribution < 1.29 is 19.7 Å². The fourth-order valence-electron chi connectivity index (χ4n) is 4.95. The molecule has 10 heteroatoms. The SMILES string of the molecule is CCn1ncc(CN(C)C(=O)c2nc(-c3ccc(OCCN4CCCC4)c(O)c3)nc3ccc(O)cc23)c1C. The molecule has 3 heterocycles. The number of hydrogen-bond acceptors (Lipinski definition) is 8. The van der Waals surface area contributed by atoms with E-state index < -0.39 is 0 Å². The van der Waals surface area contributed by atoms with Crippen molar-refractivity contribution in [2.75, 3.05) is 33.3 Å². The van der Waals surface area contributed by atoms with E-state index in [1.165, 1.54) is 25.0 Å². The number of fused-ring (bicyclic) bond motifs is 1. The molecule has 0 atom stereocenters. The first-order valence-electron chi connectivity index (χ1n) is 13.3. The highest BCUT2D eigenvalue weighted by Crippen LogP contribution is 2.32. The van der Waals surface area contributed by atoms with Gasteiger partial charge in [-0.2, -0.15) is 5.10 Å². The maximum atomic E-state index is 13.6. The predicted octanol–water partition coefficient (Wildman–Crippen LogP) is 3.98. The molecule has 4 aromatic rings. The Kier molecular flexibility index (Phi) is 7.65. The van der Waals surface area contributed by atoms with Crippen LogP contribution in [0, 0.1) is 6.92 Å². The Labute approximate surface area is 227 Å². The summed E-state index contributed by atoms with van der Waals surface area (Å²) in [5, 5.41) is 25.6. The number of benzene rings is 2. The number of phenols is 2. The summed E-state index contributed by atoms with van der Waals surface area (Å²) >= 11 is 0. The molecule has 0 spiro atoms. The molecule has 5 rings (SSSR count). The molecule has 1 amide bonds. The number of rotatable bonds is 9. The lowest BCUT2D eigenvalue weighted by Crippen LogP contribution is -2.27. The molecule has 2 aromatic carbocycles. The molecular weight excluding hydrogens is 496 g/mol. The van der Waals surface area contributed by atoms with Gasteiger partial charge in [0.25, 0.3) is 5.91 Å². The summed E-state index contributed by atoms with van der Waals surface area (Å²) < 4.78 is 7.70. The second-order valence-corrected chi connectivity index (χ2v) is 9.91. The van der Waals surface area contributed by atoms with Crippen LogP contribution >= 0.6 is 0 Å². The van der Waals surface area contributed by atoms with Gasteiger partial charge < -0.3 is 19.8 Å². The van der Waals surface area contributed by atoms with E-state index in [4.69, 9.17) is 4.74 Å². The van der Waals surface area contributed by atoms with Crippen molar-refractivity contribution in [3.63, 3.8) is 0 Å². The van der Waals surface area contributed by atoms with Gasteiger partial charge in [-0.15, -0.1) is 0 Å². The molecule has 0 unspecified atom stereocenters. The number of carbonyl (C=O) groups is 1. The van der Waals surface area contributed by atoms with E-state index in [9.17, 15) is 15.0 Å². The van der Waals surface area contributed by atoms with Gasteiger partial charge in [-0.05, 0) is 76.2 Å². The lowest BCUT2D eigenvalue weighted by molar-refractivity contribution is 0.0781. The fraction of sp³-hybridized carbons (Fsp3) is 0.379. The summed E-state index contributed by atoms with van der Waals surface area (Å²) in [6.07, 6.45) is 4.21. The number of aryl methyl sites for hydroxylation is 1. The number of phenolic OH excluding ortho intramolecular Hbond substituents is 2. The standard InChI is InChI=1S/C29H34N6O4/c1-4-35-19(2)21(17-30-35)18-33(3)29(38)27-23-16-22(36)8-9-24(23)31-28(32-27)20-7-10-26(25(37)15-20)39-14-13-34-11-5-6-12-34/h7-10,15-17,36-37H,4-6,11-14,18H2,1-3H3. The third-order valence-electron chi connectivity index (χ3n) is 7.22. The topological polar surface area (TPSA) is 117 Å². The zero-order chi connectivity index (χ0) is 27.5. The molecule has 2 aromatic heterocycles. The van der Waals surface area contributed by atoms with Crippen molar-refractivity contribution in [3.05, 3.63) is 59.5 Å². The van der Waals surface area contributed by atoms with E-state index in [0.717, 1.165) is 37.4 Å². The maximum absolute atomic E-state index is 13.6. The Bertz CT molecular complexity index is 1490. The summed E-state index contributed by atoms with van der Waals surface area (Å²) in [5.74, 6) is 0.367. The summed E-state index contributed by atoms with van der Waals surface area (Å²) in [6.45, 7) is 8.58. The fourth-order valence-corrected chi connectivity index (χ4v) is 4.95. The van der Waals surface area contributed by atoms with Crippen molar-refractivity contribution >= 4 is 16.8 Å². The molecular formula is C29H34N6O4. The van der Waals surface area contributed by atoms with Gasteiger partial charge in [-0.1, -0.05) is 0 Å². The van der Waals surface area contributed by atoms with Crippen LogP contribution in [0.4, 0.5) is 0 Å². The van der Waals surface area contributed by atoms with Crippen LogP contribution in [0.25, 0.3) is 22.3 Å². The van der Waals surface area contributed by atoms with Crippen LogP contribution in [0.3, 0.4) is 0 Å². The van der Waals surface area contributed by atoms with Gasteiger partial charge in [-0.25, -0.2) is 9.97 Å². The van der Waals surface area contributed by atoms with Gasteiger partial charge in [0.05, 0.1) is 11.7 Å². The number of carbonyl (C=O) groups excluding carboxylic acids is 1. The zero-order valence-corrected chi connectivity index (χ0v) is 22.6. The van der Waals surface area contributed by atoms with Gasteiger partial charge in [0.1, 0.15) is 18.1 Å². The van der Waals surface area contributed by atoms with Gasteiger partial charge in [0.2, 0.25) is 0 Å². The molecule has 10 nitrogen and oxygen atoms in total. The predicted molar refractivity (Wildman–Crippen MR) is 148 cm³/mol. The normalized spacial score (nSPS) is 13.7. The van der Waals surface area contributed by atoms with Crippen molar-refractivity contribution in [2.24, 2.45) is 0 Å². The van der Waals surface area contributed by atoms with E-state index in [1.54, 1.807) is 42.4 Å². The first kappa shape index (κ1) is 26.4. The molecule has 1 aliphatic rings. The Morgan fingerprint density at radius 3 is 2.62 bits per heavy atom. The zero-order valence-electron chi connectivity index (χ0n) is 22.6. The number of nitrogens with zero attached hydrogens (tertiary/aromatic N) is 6. The molecule has 0 bridgehead atoms. The van der Waals surface area contributed by atoms with E-state index in [-0.39, 0.29) is 23.1 Å². The molecule has 1 aliphatic heterocycles. The number of hydrogen-bond donors (Lipinski definition) is 2. The van der Waals surface area contributed by atoms with Crippen LogP contribution in [0.2, 0.25) is 0 Å². The molecule has 39 heavy (non-hydrogen) atoms. The smallest absolute Gasteiger partial charge is 0.273 e. The third kappa shape index (κ3) is 5.65. The Hall–Kier alpha value is -4.18. The van der Waals surface area contributed by atoms with Gasteiger partial charge in [0, 0.05) is 48.9 Å². The Morgan fingerprint density at radius 2 is 1.90 bits per heavy atom. The lowest BCUT2D eigenvalue weighted by atomic mass is 10.1. The number of amides is 1. The van der Waals surface area contributed by atoms with Crippen LogP contribution in [-0.2, 0) is 13.1 Å². The highest BCUT2D eigenvalue weighted by atomic mass is 16.5. The molecule has 0 saturated carbocycles. The summed E-state index contributed by atoms with van der Waals surface area (Å²) in [4.78, 5) is 26.8. The minimum Gasteiger partial charge on any atom is -0.508 e. The summed E-state index contributed by atoms with van der Waals surface area (Å²) in [7, 11) is 1.71. The van der Waals surface area contributed by atoms with E-state index in [2.05, 4.69) is 20.0 Å². The number of aromatic hydroxyl groups is 2. The second kappa shape index (κ2) is 11.3. The van der Waals surface area contributed by atoms with E-state index in [0.29, 0.717) is 41.2 Å². The quantitative estimate of drug-likeness (QED) is 0.334. The van der Waals surface area contributed by atoms with Crippen molar-refractivity contribution in [1.82, 2.24) is 29.5 Å². The molecule has 1 fully saturated rings. The van der Waals surface area contributed by atoms with Gasteiger partial charge in [0.15, 0.2) is 17.3 Å². The monoisotopic (exact) mass is 530 g/mol. The molecule has 204 valence electrons. The summed E-state index contributed by atoms with van der Waals surface area (Å²) in [6, 6.07) is 9.68. The highest BCUT2D eigenvalue weighted by Gasteiger charge is 2.22. The largest absolute Gasteiger partial charge is 0.508 e. The highest BCUT2D eigenvalue weighted by molar-refractivity contribution is 6.05. The first-order chi connectivity index (χ1) is 18.8. The average Bonchev–Trinajstić information content (AvgIpc) is 3.58. The van der Waals surface area contributed by atoms with E-state index >= 15 is 0 Å². The minimum atomic E-state index is -0.316. The second-order valence-electron chi connectivity index (χ2n) is 9.91. The Balaban J connectivity index is 1.42. The van der Waals surface area contributed by atoms with E-state index in [1.807, 2.05) is 18.5 Å². The van der Waals surface area contributed by atoms with Gasteiger partial charge >= 0.3 is 0 Å². The number of aromatic nitrogens is 4. The molecule has 0 radical (unpaired) electrons. The maximum Gasteiger partial charge on any atom is 0.273 e. The Morgan fingerprint density at radius 1 is 1.10 bits per heavy atom. The first-order valence-corrected chi connectivity index (χ1v) is 13.3. The van der Waals surface area contributed by atoms with Crippen LogP contribution in [0.5, 0.6) is 17.2 Å². The van der Waals surface area contributed by atoms with Crippen LogP contribution in [0.15, 0.2) is 42.6 Å². The van der Waals surface area contributed by atoms with Crippen LogP contribution < -0.4 is 4.74 Å². The van der Waals surface area contributed by atoms with Crippen LogP contribution in [0.1, 0.15) is 41.5 Å².